The van der Waals surface area contributed by atoms with Crippen molar-refractivity contribution in [3.05, 3.63) is 29.3 Å². The Morgan fingerprint density at radius 2 is 2.00 bits per heavy atom. The minimum atomic E-state index is -0.334. The van der Waals surface area contributed by atoms with Crippen molar-refractivity contribution in [2.75, 3.05) is 25.0 Å². The SMILES string of the molecule is Cc1cccc(C)c1NCC(=O)N1CC(O)C1. The number of aryl methyl sites for hydroxylation is 2. The topological polar surface area (TPSA) is 52.6 Å². The predicted octanol–water partition coefficient (Wildman–Crippen LogP) is 0.918. The van der Waals surface area contributed by atoms with Gasteiger partial charge in [0.05, 0.1) is 12.6 Å². The van der Waals surface area contributed by atoms with E-state index in [2.05, 4.69) is 5.32 Å². The van der Waals surface area contributed by atoms with Crippen molar-refractivity contribution in [1.82, 2.24) is 4.90 Å². The summed E-state index contributed by atoms with van der Waals surface area (Å²) in [4.78, 5) is 13.4. The Morgan fingerprint density at radius 3 is 2.53 bits per heavy atom. The van der Waals surface area contributed by atoms with E-state index in [0.29, 0.717) is 19.6 Å². The third kappa shape index (κ3) is 2.58. The first kappa shape index (κ1) is 11.9. The van der Waals surface area contributed by atoms with Crippen molar-refractivity contribution < 1.29 is 9.90 Å². The van der Waals surface area contributed by atoms with Crippen LogP contribution in [0.1, 0.15) is 11.1 Å². The summed E-state index contributed by atoms with van der Waals surface area (Å²) in [5.41, 5.74) is 3.31. The zero-order valence-corrected chi connectivity index (χ0v) is 10.2. The van der Waals surface area contributed by atoms with Gasteiger partial charge in [-0.1, -0.05) is 18.2 Å². The van der Waals surface area contributed by atoms with E-state index in [0.717, 1.165) is 16.8 Å². The third-order valence-electron chi connectivity index (χ3n) is 3.11. The quantitative estimate of drug-likeness (QED) is 0.817. The molecule has 1 amide bonds. The average Bonchev–Trinajstić information content (AvgIpc) is 2.24. The zero-order valence-electron chi connectivity index (χ0n) is 10.2. The Kier molecular flexibility index (Phi) is 3.33. The Hall–Kier alpha value is -1.55. The number of rotatable bonds is 3. The fourth-order valence-electron chi connectivity index (χ4n) is 2.03. The van der Waals surface area contributed by atoms with E-state index in [1.807, 2.05) is 32.0 Å². The minimum absolute atomic E-state index is 0.0398. The maximum Gasteiger partial charge on any atom is 0.242 e. The molecular formula is C13H18N2O2. The molecule has 17 heavy (non-hydrogen) atoms. The van der Waals surface area contributed by atoms with Gasteiger partial charge in [0.15, 0.2) is 0 Å². The average molecular weight is 234 g/mol. The zero-order chi connectivity index (χ0) is 12.4. The number of likely N-dealkylation sites (tertiary alicyclic amines) is 1. The smallest absolute Gasteiger partial charge is 0.242 e. The number of aliphatic hydroxyl groups excluding tert-OH is 1. The number of hydrogen-bond donors (Lipinski definition) is 2. The number of benzene rings is 1. The van der Waals surface area contributed by atoms with Crippen LogP contribution in [0.25, 0.3) is 0 Å². The molecular weight excluding hydrogens is 216 g/mol. The molecule has 0 aromatic heterocycles. The fraction of sp³-hybridized carbons (Fsp3) is 0.462. The molecule has 0 aliphatic carbocycles. The van der Waals surface area contributed by atoms with E-state index in [-0.39, 0.29) is 12.0 Å². The van der Waals surface area contributed by atoms with Gasteiger partial charge >= 0.3 is 0 Å². The van der Waals surface area contributed by atoms with E-state index < -0.39 is 0 Å². The Bertz CT molecular complexity index is 405. The summed E-state index contributed by atoms with van der Waals surface area (Å²) < 4.78 is 0. The first-order chi connectivity index (χ1) is 8.08. The summed E-state index contributed by atoms with van der Waals surface area (Å²) >= 11 is 0. The lowest BCUT2D eigenvalue weighted by molar-refractivity contribution is -0.139. The Balaban J connectivity index is 1.91. The number of β-amino-alcohol motifs (C(OH)–C–C–N with tert-alkyl or cyclic N) is 1. The standard InChI is InChI=1S/C13H18N2O2/c1-9-4-3-5-10(2)13(9)14-6-12(17)15-7-11(16)8-15/h3-5,11,14,16H,6-8H2,1-2H3. The molecule has 0 radical (unpaired) electrons. The molecule has 0 saturated carbocycles. The van der Waals surface area contributed by atoms with Gasteiger partial charge in [-0.2, -0.15) is 0 Å². The van der Waals surface area contributed by atoms with Crippen LogP contribution in [-0.4, -0.2) is 41.7 Å². The van der Waals surface area contributed by atoms with Crippen LogP contribution in [0, 0.1) is 13.8 Å². The molecule has 4 heteroatoms. The second kappa shape index (κ2) is 4.75. The molecule has 0 spiro atoms. The highest BCUT2D eigenvalue weighted by molar-refractivity contribution is 5.82. The van der Waals surface area contributed by atoms with Gasteiger partial charge in [0.2, 0.25) is 5.91 Å². The van der Waals surface area contributed by atoms with Crippen LogP contribution < -0.4 is 5.32 Å². The summed E-state index contributed by atoms with van der Waals surface area (Å²) in [6, 6.07) is 6.05. The molecule has 1 saturated heterocycles. The van der Waals surface area contributed by atoms with Gasteiger partial charge in [0.25, 0.3) is 0 Å². The maximum atomic E-state index is 11.7. The monoisotopic (exact) mass is 234 g/mol. The molecule has 1 fully saturated rings. The number of nitrogens with zero attached hydrogens (tertiary/aromatic N) is 1. The predicted molar refractivity (Wildman–Crippen MR) is 67.0 cm³/mol. The second-order valence-corrected chi connectivity index (χ2v) is 4.57. The van der Waals surface area contributed by atoms with Gasteiger partial charge < -0.3 is 15.3 Å². The van der Waals surface area contributed by atoms with E-state index in [1.165, 1.54) is 0 Å². The largest absolute Gasteiger partial charge is 0.389 e. The number of aliphatic hydroxyl groups is 1. The number of carbonyl (C=O) groups is 1. The van der Waals surface area contributed by atoms with Crippen molar-refractivity contribution in [1.29, 1.82) is 0 Å². The van der Waals surface area contributed by atoms with Gasteiger partial charge in [-0.05, 0) is 25.0 Å². The van der Waals surface area contributed by atoms with E-state index in [4.69, 9.17) is 5.11 Å². The second-order valence-electron chi connectivity index (χ2n) is 4.57. The minimum Gasteiger partial charge on any atom is -0.389 e. The number of nitrogens with one attached hydrogen (secondary N) is 1. The highest BCUT2D eigenvalue weighted by atomic mass is 16.3. The van der Waals surface area contributed by atoms with Crippen molar-refractivity contribution in [3.8, 4) is 0 Å². The molecule has 1 aromatic carbocycles. The number of para-hydroxylation sites is 1. The molecule has 0 atom stereocenters. The molecule has 0 unspecified atom stereocenters. The van der Waals surface area contributed by atoms with E-state index >= 15 is 0 Å². The molecule has 1 heterocycles. The lowest BCUT2D eigenvalue weighted by Crippen LogP contribution is -2.55. The fourth-order valence-corrected chi connectivity index (χ4v) is 2.03. The van der Waals surface area contributed by atoms with Crippen LogP contribution in [0.4, 0.5) is 5.69 Å². The summed E-state index contributed by atoms with van der Waals surface area (Å²) in [5.74, 6) is 0.0398. The molecule has 0 bridgehead atoms. The maximum absolute atomic E-state index is 11.7. The van der Waals surface area contributed by atoms with Gasteiger partial charge in [0.1, 0.15) is 0 Å². The van der Waals surface area contributed by atoms with E-state index in [9.17, 15) is 4.79 Å². The van der Waals surface area contributed by atoms with Crippen molar-refractivity contribution >= 4 is 11.6 Å². The normalized spacial score (nSPS) is 15.6. The lowest BCUT2D eigenvalue weighted by Gasteiger charge is -2.36. The number of anilines is 1. The summed E-state index contributed by atoms with van der Waals surface area (Å²) in [6.07, 6.45) is -0.334. The van der Waals surface area contributed by atoms with Gasteiger partial charge in [-0.25, -0.2) is 0 Å². The molecule has 1 aliphatic rings. The van der Waals surface area contributed by atoms with Crippen molar-refractivity contribution in [3.63, 3.8) is 0 Å². The Morgan fingerprint density at radius 1 is 1.41 bits per heavy atom. The number of carbonyl (C=O) groups excluding carboxylic acids is 1. The Labute approximate surface area is 101 Å². The first-order valence-corrected chi connectivity index (χ1v) is 5.84. The van der Waals surface area contributed by atoms with Gasteiger partial charge in [0, 0.05) is 18.8 Å². The van der Waals surface area contributed by atoms with Gasteiger partial charge in [-0.15, -0.1) is 0 Å². The summed E-state index contributed by atoms with van der Waals surface area (Å²) in [7, 11) is 0. The summed E-state index contributed by atoms with van der Waals surface area (Å²) in [5, 5.41) is 12.3. The van der Waals surface area contributed by atoms with Crippen LogP contribution >= 0.6 is 0 Å². The first-order valence-electron chi connectivity index (χ1n) is 5.84. The van der Waals surface area contributed by atoms with Crippen LogP contribution in [0.5, 0.6) is 0 Å². The molecule has 1 aliphatic heterocycles. The molecule has 2 N–H and O–H groups in total. The van der Waals surface area contributed by atoms with Gasteiger partial charge in [-0.3, -0.25) is 4.79 Å². The van der Waals surface area contributed by atoms with Crippen molar-refractivity contribution in [2.45, 2.75) is 20.0 Å². The highest BCUT2D eigenvalue weighted by Crippen LogP contribution is 2.19. The number of hydrogen-bond acceptors (Lipinski definition) is 3. The van der Waals surface area contributed by atoms with Crippen LogP contribution in [0.15, 0.2) is 18.2 Å². The lowest BCUT2D eigenvalue weighted by atomic mass is 10.1. The van der Waals surface area contributed by atoms with Crippen LogP contribution in [0.3, 0.4) is 0 Å². The molecule has 4 nitrogen and oxygen atoms in total. The molecule has 2 rings (SSSR count). The summed E-state index contributed by atoms with van der Waals surface area (Å²) in [6.45, 7) is 5.26. The number of amides is 1. The van der Waals surface area contributed by atoms with E-state index in [1.54, 1.807) is 4.90 Å². The highest BCUT2D eigenvalue weighted by Gasteiger charge is 2.28. The third-order valence-corrected chi connectivity index (χ3v) is 3.11. The molecule has 92 valence electrons. The van der Waals surface area contributed by atoms with Crippen molar-refractivity contribution in [2.24, 2.45) is 0 Å². The van der Waals surface area contributed by atoms with Crippen LogP contribution in [-0.2, 0) is 4.79 Å². The molecule has 1 aromatic rings. The van der Waals surface area contributed by atoms with Crippen LogP contribution in [0.2, 0.25) is 0 Å².